The van der Waals surface area contributed by atoms with Gasteiger partial charge in [-0.25, -0.2) is 0 Å². The monoisotopic (exact) mass is 1430 g/mol. The normalized spacial score (nSPS) is 13.8. The Kier molecular flexibility index (Phi) is 41.1. The first-order chi connectivity index (χ1) is 49.8. The van der Waals surface area contributed by atoms with Gasteiger partial charge in [-0.2, -0.15) is 0 Å². The third-order valence-corrected chi connectivity index (χ3v) is 16.0. The van der Waals surface area contributed by atoms with E-state index in [1.54, 1.807) is 36.4 Å². The molecule has 0 spiro atoms. The van der Waals surface area contributed by atoms with Crippen LogP contribution in [0.3, 0.4) is 0 Å². The summed E-state index contributed by atoms with van der Waals surface area (Å²) in [7, 11) is 0. The van der Waals surface area contributed by atoms with Crippen molar-refractivity contribution in [1.29, 1.82) is 0 Å². The number of carbonyl (C=O) groups is 10. The van der Waals surface area contributed by atoms with Crippen molar-refractivity contribution in [2.24, 2.45) is 0 Å². The molecule has 566 valence electrons. The number of nitrogens with zero attached hydrogens (tertiary/aromatic N) is 5. The number of carbonyl (C=O) groups excluding carboxylic acids is 10. The summed E-state index contributed by atoms with van der Waals surface area (Å²) in [5.41, 5.74) is 7.34. The highest BCUT2D eigenvalue weighted by Crippen LogP contribution is 2.34. The van der Waals surface area contributed by atoms with Crippen molar-refractivity contribution in [2.75, 3.05) is 0 Å². The topological polar surface area (TPSA) is 199 Å². The average Bonchev–Trinajstić information content (AvgIpc) is 1.59. The van der Waals surface area contributed by atoms with Gasteiger partial charge in [-0.3, -0.25) is 67.5 Å². The first-order valence-corrected chi connectivity index (χ1v) is 37.2. The van der Waals surface area contributed by atoms with Gasteiger partial charge < -0.3 is 10.2 Å². The van der Waals surface area contributed by atoms with E-state index in [1.165, 1.54) is 19.6 Å². The van der Waals surface area contributed by atoms with Gasteiger partial charge in [-0.15, -0.1) is 0 Å². The van der Waals surface area contributed by atoms with Gasteiger partial charge >= 0.3 is 0 Å². The highest BCUT2D eigenvalue weighted by atomic mass is 16.2. The number of amides is 10. The van der Waals surface area contributed by atoms with Crippen LogP contribution in [0.15, 0.2) is 182 Å². The molecule has 0 radical (unpaired) electrons. The van der Waals surface area contributed by atoms with E-state index in [2.05, 4.69) is 5.32 Å². The van der Waals surface area contributed by atoms with Crippen LogP contribution in [0.2, 0.25) is 0 Å². The highest BCUT2D eigenvalue weighted by molar-refractivity contribution is 6.26. The zero-order chi connectivity index (χ0) is 78.8. The van der Waals surface area contributed by atoms with Crippen LogP contribution in [0.1, 0.15) is 275 Å². The molecular formula is C89H120N6O10. The number of rotatable bonds is 9. The summed E-state index contributed by atoms with van der Waals surface area (Å²) >= 11 is 0. The minimum absolute atomic E-state index is 0. The van der Waals surface area contributed by atoms with Gasteiger partial charge in [-0.05, 0) is 158 Å². The molecule has 1 unspecified atom stereocenters. The predicted molar refractivity (Wildman–Crippen MR) is 432 cm³/mol. The second kappa shape index (κ2) is 46.5. The van der Waals surface area contributed by atoms with E-state index in [1.807, 2.05) is 317 Å². The van der Waals surface area contributed by atoms with Crippen molar-refractivity contribution in [3.8, 4) is 0 Å². The van der Waals surface area contributed by atoms with Crippen molar-refractivity contribution >= 4 is 80.6 Å². The van der Waals surface area contributed by atoms with Gasteiger partial charge in [0.1, 0.15) is 0 Å². The summed E-state index contributed by atoms with van der Waals surface area (Å²) in [6.45, 7) is 47.6. The summed E-state index contributed by atoms with van der Waals surface area (Å²) in [5, 5.41) is 6.55. The summed E-state index contributed by atoms with van der Waals surface area (Å²) in [4.78, 5) is 127. The van der Waals surface area contributed by atoms with Crippen LogP contribution in [0.25, 0.3) is 21.5 Å². The fourth-order valence-electron chi connectivity index (χ4n) is 11.6. The molecule has 105 heavy (non-hydrogen) atoms. The summed E-state index contributed by atoms with van der Waals surface area (Å²) in [5.74, 6) is -1.27. The summed E-state index contributed by atoms with van der Waals surface area (Å²) in [6.07, 6.45) is 0.778. The SMILES string of the molecule is C.CC.CC.CC.CC.CC.CC.CC(C)N1C(=O)CC(c2ccccc2)C1=O.CC(C)N1C(=O)c2cc3ccccc3cc2C1=O.CC(C)N1C(=O)c2cccc3cccc(c23)C1=O.CC(C)N1C(=O)c2ccccc2C1=O.CC(C)N1Cc2ccccc2C1=O.CC(C)NC(=O)Cc1ccccc1. The lowest BCUT2D eigenvalue weighted by Crippen LogP contribution is -2.44. The maximum absolute atomic E-state index is 12.4. The third-order valence-electron chi connectivity index (χ3n) is 16.0. The van der Waals surface area contributed by atoms with Gasteiger partial charge in [0.2, 0.25) is 17.7 Å². The van der Waals surface area contributed by atoms with Gasteiger partial charge in [-0.1, -0.05) is 230 Å². The van der Waals surface area contributed by atoms with Crippen LogP contribution >= 0.6 is 0 Å². The third kappa shape index (κ3) is 23.6. The number of fused-ring (bicyclic) bond motifs is 4. The maximum atomic E-state index is 12.4. The Morgan fingerprint density at radius 1 is 0.362 bits per heavy atom. The van der Waals surface area contributed by atoms with E-state index >= 15 is 0 Å². The number of nitrogens with one attached hydrogen (secondary N) is 1. The van der Waals surface area contributed by atoms with Gasteiger partial charge in [0.05, 0.1) is 34.6 Å². The summed E-state index contributed by atoms with van der Waals surface area (Å²) in [6, 6.07) is 56.7. The average molecular weight is 1430 g/mol. The van der Waals surface area contributed by atoms with Crippen LogP contribution in [0, 0.1) is 0 Å². The molecule has 5 aliphatic heterocycles. The molecule has 10 amide bonds. The molecule has 5 aliphatic rings. The van der Waals surface area contributed by atoms with Crippen molar-refractivity contribution in [3.63, 3.8) is 0 Å². The lowest BCUT2D eigenvalue weighted by molar-refractivity contribution is -0.140. The van der Waals surface area contributed by atoms with Crippen molar-refractivity contribution in [2.45, 2.75) is 235 Å². The van der Waals surface area contributed by atoms with Gasteiger partial charge in [0.25, 0.3) is 41.4 Å². The highest BCUT2D eigenvalue weighted by Gasteiger charge is 2.41. The van der Waals surface area contributed by atoms with Gasteiger partial charge in [0, 0.05) is 71.3 Å². The molecule has 1 N–H and O–H groups in total. The molecule has 1 fully saturated rings. The molecule has 13 rings (SSSR count). The molecule has 8 aromatic rings. The molecule has 16 heteroatoms. The van der Waals surface area contributed by atoms with Crippen LogP contribution in [0.4, 0.5) is 0 Å². The molecule has 0 aromatic heterocycles. The lowest BCUT2D eigenvalue weighted by atomic mass is 9.93. The maximum Gasteiger partial charge on any atom is 0.261 e. The zero-order valence-corrected chi connectivity index (χ0v) is 66.3. The van der Waals surface area contributed by atoms with Crippen LogP contribution < -0.4 is 5.32 Å². The molecule has 1 atom stereocenters. The van der Waals surface area contributed by atoms with E-state index in [-0.39, 0.29) is 103 Å². The Labute approximate surface area is 628 Å². The molecule has 0 saturated carbocycles. The van der Waals surface area contributed by atoms with E-state index in [9.17, 15) is 47.9 Å². The molecule has 8 aromatic carbocycles. The Morgan fingerprint density at radius 2 is 0.695 bits per heavy atom. The quantitative estimate of drug-likeness (QED) is 0.136. The largest absolute Gasteiger partial charge is 0.354 e. The smallest absolute Gasteiger partial charge is 0.261 e. The molecular weight excluding hydrogens is 1310 g/mol. The first-order valence-electron chi connectivity index (χ1n) is 37.2. The first kappa shape index (κ1) is 92.8. The van der Waals surface area contributed by atoms with Crippen molar-refractivity contribution in [3.05, 3.63) is 238 Å². The number of benzene rings is 8. The minimum atomic E-state index is -0.281. The molecule has 0 bridgehead atoms. The Morgan fingerprint density at radius 3 is 1.07 bits per heavy atom. The Balaban J connectivity index is 0.000000613. The Hall–Kier alpha value is -10.2. The fourth-order valence-corrected chi connectivity index (χ4v) is 11.6. The van der Waals surface area contributed by atoms with Crippen LogP contribution in [-0.4, -0.2) is 120 Å². The predicted octanol–water partition coefficient (Wildman–Crippen LogP) is 19.9. The standard InChI is InChI=1S/2C15H13NO2.C13H15NO2.C11H11NO2.C11H13NO.C11H15NO.6C2H6.CH4/c1-9(2)16-14(17)11-7-3-5-10-6-4-8-12(13(10)11)15(16)18;1-9(2)16-14(17)12-7-10-5-3-4-6-11(10)8-13(12)15(16)18;1-9(2)14-12(15)8-11(13(14)16)10-6-4-3-5-7-10;1-7(2)12-10(13)8-5-3-4-6-9(8)11(12)14;1-8(2)12-7-9-5-3-4-6-10(9)11(12)13;1-9(2)12-11(13)8-10-6-4-3-5-7-10;6*1-2;/h2*3-9H,1-2H3;3-7,9,11H,8H2,1-2H3;3-7H,1-2H3;3-6,8H,7H2,1-2H3;3-7,9H,8H2,1-2H3,(H,12,13);6*1-2H3;1H4. The van der Waals surface area contributed by atoms with E-state index in [4.69, 9.17) is 0 Å². The lowest BCUT2D eigenvalue weighted by Gasteiger charge is -2.30. The van der Waals surface area contributed by atoms with E-state index < -0.39 is 0 Å². The molecule has 0 aliphatic carbocycles. The molecule has 5 heterocycles. The summed E-state index contributed by atoms with van der Waals surface area (Å²) < 4.78 is 0. The van der Waals surface area contributed by atoms with E-state index in [0.29, 0.717) is 52.3 Å². The molecule has 16 nitrogen and oxygen atoms in total. The fraction of sp³-hybridized carbons (Fsp3) is 0.393. The zero-order valence-electron chi connectivity index (χ0n) is 66.3. The molecule has 1 saturated heterocycles. The Bertz CT molecular complexity index is 3980. The minimum Gasteiger partial charge on any atom is -0.354 e. The number of likely N-dealkylation sites (tertiary alicyclic amines) is 1. The second-order valence-corrected chi connectivity index (χ2v) is 24.7. The van der Waals surface area contributed by atoms with Crippen LogP contribution in [0.5, 0.6) is 0 Å². The van der Waals surface area contributed by atoms with E-state index in [0.717, 1.165) is 50.3 Å². The van der Waals surface area contributed by atoms with Crippen molar-refractivity contribution in [1.82, 2.24) is 29.8 Å². The number of hydrogen-bond acceptors (Lipinski definition) is 10. The number of imide groups is 4. The second-order valence-electron chi connectivity index (χ2n) is 24.7. The van der Waals surface area contributed by atoms with Crippen molar-refractivity contribution < 1.29 is 47.9 Å². The van der Waals surface area contributed by atoms with Crippen LogP contribution in [-0.2, 0) is 27.3 Å². The van der Waals surface area contributed by atoms with Gasteiger partial charge in [0.15, 0.2) is 0 Å². The number of hydrogen-bond donors (Lipinski definition) is 1.